The minimum atomic E-state index is -0.304. The van der Waals surface area contributed by atoms with Crippen LogP contribution in [0, 0.1) is 11.3 Å². The van der Waals surface area contributed by atoms with Gasteiger partial charge in [-0.15, -0.1) is 0 Å². The number of benzene rings is 1. The molecule has 0 aliphatic carbocycles. The van der Waals surface area contributed by atoms with Crippen LogP contribution in [-0.2, 0) is 16.0 Å². The Morgan fingerprint density at radius 2 is 2.12 bits per heavy atom. The highest BCUT2D eigenvalue weighted by atomic mass is 16.5. The Morgan fingerprint density at radius 3 is 2.62 bits per heavy atom. The molecule has 0 saturated heterocycles. The van der Waals surface area contributed by atoms with Gasteiger partial charge in [-0.3, -0.25) is 4.79 Å². The van der Waals surface area contributed by atoms with Crippen molar-refractivity contribution in [2.75, 3.05) is 7.11 Å². The fourth-order valence-corrected chi connectivity index (χ4v) is 1.39. The predicted molar refractivity (Wildman–Crippen MR) is 59.5 cm³/mol. The Balaban J connectivity index is 2.53. The number of hydrogen-bond acceptors (Lipinski definition) is 4. The molecule has 4 nitrogen and oxygen atoms in total. The van der Waals surface area contributed by atoms with E-state index in [-0.39, 0.29) is 18.4 Å². The first-order valence-electron chi connectivity index (χ1n) is 4.97. The Hall–Kier alpha value is -1.86. The maximum absolute atomic E-state index is 11.0. The lowest BCUT2D eigenvalue weighted by Crippen LogP contribution is -2.26. The summed E-state index contributed by atoms with van der Waals surface area (Å²) in [6.07, 6.45) is 0.803. The van der Waals surface area contributed by atoms with Crippen molar-refractivity contribution >= 4 is 5.97 Å². The molecule has 1 aromatic rings. The molecule has 0 aliphatic heterocycles. The quantitative estimate of drug-likeness (QED) is 0.764. The zero-order valence-corrected chi connectivity index (χ0v) is 9.14. The van der Waals surface area contributed by atoms with E-state index in [1.807, 2.05) is 18.2 Å². The number of methoxy groups -OCH3 is 1. The molecule has 0 spiro atoms. The molecular weight excluding hydrogens is 204 g/mol. The zero-order chi connectivity index (χ0) is 12.0. The van der Waals surface area contributed by atoms with E-state index in [1.54, 1.807) is 12.1 Å². The molecule has 1 aromatic carbocycles. The molecular formula is C12H14N2O2. The van der Waals surface area contributed by atoms with Crippen LogP contribution in [0.2, 0.25) is 0 Å². The van der Waals surface area contributed by atoms with Crippen molar-refractivity contribution < 1.29 is 9.53 Å². The van der Waals surface area contributed by atoms with Crippen LogP contribution in [-0.4, -0.2) is 19.1 Å². The molecule has 84 valence electrons. The summed E-state index contributed by atoms with van der Waals surface area (Å²) in [5, 5.41) is 8.63. The van der Waals surface area contributed by atoms with Gasteiger partial charge in [-0.2, -0.15) is 5.26 Å². The highest BCUT2D eigenvalue weighted by Gasteiger charge is 2.10. The highest BCUT2D eigenvalue weighted by Crippen LogP contribution is 2.07. The van der Waals surface area contributed by atoms with E-state index in [0.29, 0.717) is 12.0 Å². The van der Waals surface area contributed by atoms with E-state index in [9.17, 15) is 4.79 Å². The molecule has 2 N–H and O–H groups in total. The van der Waals surface area contributed by atoms with Crippen LogP contribution in [0.4, 0.5) is 0 Å². The van der Waals surface area contributed by atoms with E-state index < -0.39 is 0 Å². The van der Waals surface area contributed by atoms with Crippen molar-refractivity contribution in [3.63, 3.8) is 0 Å². The minimum absolute atomic E-state index is 0.205. The normalized spacial score (nSPS) is 11.6. The van der Waals surface area contributed by atoms with Gasteiger partial charge >= 0.3 is 5.97 Å². The summed E-state index contributed by atoms with van der Waals surface area (Å²) >= 11 is 0. The first kappa shape index (κ1) is 12.2. The van der Waals surface area contributed by atoms with Crippen molar-refractivity contribution in [1.82, 2.24) is 0 Å². The van der Waals surface area contributed by atoms with Gasteiger partial charge in [0.15, 0.2) is 0 Å². The Bertz CT molecular complexity index is 392. The number of rotatable bonds is 4. The summed E-state index contributed by atoms with van der Waals surface area (Å²) in [5.41, 5.74) is 7.41. The van der Waals surface area contributed by atoms with Crippen LogP contribution in [0.25, 0.3) is 0 Å². The molecule has 1 rings (SSSR count). The van der Waals surface area contributed by atoms with E-state index in [2.05, 4.69) is 4.74 Å². The van der Waals surface area contributed by atoms with Crippen LogP contribution in [0.15, 0.2) is 24.3 Å². The number of carbonyl (C=O) groups is 1. The largest absolute Gasteiger partial charge is 0.469 e. The summed E-state index contributed by atoms with van der Waals surface area (Å²) in [6.45, 7) is 0. The third-order valence-electron chi connectivity index (χ3n) is 2.24. The molecule has 0 saturated carbocycles. The molecule has 0 amide bonds. The van der Waals surface area contributed by atoms with Crippen molar-refractivity contribution in [3.05, 3.63) is 35.4 Å². The molecule has 4 heteroatoms. The van der Waals surface area contributed by atoms with Crippen molar-refractivity contribution in [2.24, 2.45) is 5.73 Å². The van der Waals surface area contributed by atoms with Crippen molar-refractivity contribution in [2.45, 2.75) is 18.9 Å². The van der Waals surface area contributed by atoms with Gasteiger partial charge < -0.3 is 10.5 Å². The van der Waals surface area contributed by atoms with E-state index >= 15 is 0 Å². The van der Waals surface area contributed by atoms with Crippen molar-refractivity contribution in [3.8, 4) is 6.07 Å². The molecule has 0 heterocycles. The lowest BCUT2D eigenvalue weighted by Gasteiger charge is -2.09. The van der Waals surface area contributed by atoms with Crippen LogP contribution in [0.1, 0.15) is 17.5 Å². The Labute approximate surface area is 94.6 Å². The van der Waals surface area contributed by atoms with Gasteiger partial charge in [0.2, 0.25) is 0 Å². The molecule has 0 aromatic heterocycles. The second-order valence-electron chi connectivity index (χ2n) is 3.55. The number of esters is 1. The molecule has 0 unspecified atom stereocenters. The van der Waals surface area contributed by atoms with Crippen LogP contribution >= 0.6 is 0 Å². The first-order valence-corrected chi connectivity index (χ1v) is 4.97. The van der Waals surface area contributed by atoms with E-state index in [1.165, 1.54) is 7.11 Å². The van der Waals surface area contributed by atoms with E-state index in [0.717, 1.165) is 5.56 Å². The number of nitrogens with two attached hydrogens (primary N) is 1. The third kappa shape index (κ3) is 3.71. The minimum Gasteiger partial charge on any atom is -0.469 e. The van der Waals surface area contributed by atoms with Gasteiger partial charge in [-0.1, -0.05) is 12.1 Å². The van der Waals surface area contributed by atoms with Gasteiger partial charge in [0.25, 0.3) is 0 Å². The number of ether oxygens (including phenoxy) is 1. The number of carbonyl (C=O) groups excluding carboxylic acids is 1. The summed E-state index contributed by atoms with van der Waals surface area (Å²) in [6, 6.07) is 8.95. The molecule has 0 aliphatic rings. The lowest BCUT2D eigenvalue weighted by molar-refractivity contribution is -0.140. The number of nitrogens with zero attached hydrogens (tertiary/aromatic N) is 1. The Kier molecular flexibility index (Phi) is 4.49. The number of nitriles is 1. The summed E-state index contributed by atoms with van der Waals surface area (Å²) < 4.78 is 4.53. The fourth-order valence-electron chi connectivity index (χ4n) is 1.39. The Morgan fingerprint density at radius 1 is 1.50 bits per heavy atom. The van der Waals surface area contributed by atoms with Crippen LogP contribution in [0.3, 0.4) is 0 Å². The highest BCUT2D eigenvalue weighted by molar-refractivity contribution is 5.69. The summed E-state index contributed by atoms with van der Waals surface area (Å²) in [4.78, 5) is 11.0. The maximum atomic E-state index is 11.0. The smallest absolute Gasteiger partial charge is 0.307 e. The molecule has 0 fully saturated rings. The molecule has 0 radical (unpaired) electrons. The van der Waals surface area contributed by atoms with Gasteiger partial charge in [0, 0.05) is 6.04 Å². The van der Waals surface area contributed by atoms with Gasteiger partial charge in [-0.25, -0.2) is 0 Å². The van der Waals surface area contributed by atoms with Gasteiger partial charge in [0.1, 0.15) is 0 Å². The molecule has 0 bridgehead atoms. The average Bonchev–Trinajstić information content (AvgIpc) is 2.29. The monoisotopic (exact) mass is 218 g/mol. The van der Waals surface area contributed by atoms with Crippen LogP contribution in [0.5, 0.6) is 0 Å². The van der Waals surface area contributed by atoms with Gasteiger partial charge in [0.05, 0.1) is 25.2 Å². The summed E-state index contributed by atoms with van der Waals surface area (Å²) in [5.74, 6) is -0.304. The second-order valence-corrected chi connectivity index (χ2v) is 3.55. The predicted octanol–water partition coefficient (Wildman–Crippen LogP) is 0.991. The van der Waals surface area contributed by atoms with Crippen LogP contribution < -0.4 is 5.73 Å². The standard InChI is InChI=1S/C12H14N2O2/c1-16-12(15)7-11(14)6-9-2-4-10(8-13)5-3-9/h2-5,11H,6-7,14H2,1H3/t11-/m1/s1. The van der Waals surface area contributed by atoms with Gasteiger partial charge in [-0.05, 0) is 24.1 Å². The first-order chi connectivity index (χ1) is 7.65. The topological polar surface area (TPSA) is 76.1 Å². The lowest BCUT2D eigenvalue weighted by atomic mass is 10.0. The zero-order valence-electron chi connectivity index (χ0n) is 9.14. The molecule has 1 atom stereocenters. The summed E-state index contributed by atoms with van der Waals surface area (Å²) in [7, 11) is 1.34. The fraction of sp³-hybridized carbons (Fsp3) is 0.333. The van der Waals surface area contributed by atoms with Crippen molar-refractivity contribution in [1.29, 1.82) is 5.26 Å². The third-order valence-corrected chi connectivity index (χ3v) is 2.24. The average molecular weight is 218 g/mol. The number of hydrogen-bond donors (Lipinski definition) is 1. The SMILES string of the molecule is COC(=O)C[C@H](N)Cc1ccc(C#N)cc1. The molecule has 16 heavy (non-hydrogen) atoms. The van der Waals surface area contributed by atoms with E-state index in [4.69, 9.17) is 11.0 Å². The maximum Gasteiger partial charge on any atom is 0.307 e. The second kappa shape index (κ2) is 5.89.